The van der Waals surface area contributed by atoms with Gasteiger partial charge >= 0.3 is 0 Å². The highest BCUT2D eigenvalue weighted by atomic mass is 16.5. The largest absolute Gasteiger partial charge is 0.481 e. The molecule has 1 atom stereocenters. The number of benzene rings is 2. The average molecular weight is 311 g/mol. The van der Waals surface area contributed by atoms with Crippen LogP contribution in [0.2, 0.25) is 0 Å². The lowest BCUT2D eigenvalue weighted by atomic mass is 10.1. The van der Waals surface area contributed by atoms with Crippen LogP contribution in [0, 0.1) is 0 Å². The minimum absolute atomic E-state index is 0.0314. The van der Waals surface area contributed by atoms with Crippen LogP contribution in [0.5, 0.6) is 5.75 Å². The third-order valence-corrected chi connectivity index (χ3v) is 3.72. The molecule has 0 aliphatic carbocycles. The third kappa shape index (κ3) is 6.15. The monoisotopic (exact) mass is 311 g/mol. The number of hydrogen-bond acceptors (Lipinski definition) is 2. The van der Waals surface area contributed by atoms with Crippen LogP contribution in [-0.2, 0) is 11.2 Å². The van der Waals surface area contributed by atoms with E-state index in [-0.39, 0.29) is 5.91 Å². The summed E-state index contributed by atoms with van der Waals surface area (Å²) in [6.07, 6.45) is 3.33. The number of aryl methyl sites for hydroxylation is 1. The lowest BCUT2D eigenvalue weighted by Crippen LogP contribution is -2.38. The van der Waals surface area contributed by atoms with E-state index in [0.29, 0.717) is 13.0 Å². The van der Waals surface area contributed by atoms with Crippen LogP contribution < -0.4 is 10.1 Å². The Morgan fingerprint density at radius 1 is 1.00 bits per heavy atom. The molecule has 0 saturated heterocycles. The number of ether oxygens (including phenoxy) is 1. The fourth-order valence-corrected chi connectivity index (χ4v) is 2.41. The third-order valence-electron chi connectivity index (χ3n) is 3.72. The van der Waals surface area contributed by atoms with Crippen LogP contribution in [-0.4, -0.2) is 18.6 Å². The molecule has 0 radical (unpaired) electrons. The van der Waals surface area contributed by atoms with Gasteiger partial charge in [0.25, 0.3) is 5.91 Å². The van der Waals surface area contributed by atoms with Gasteiger partial charge in [0.1, 0.15) is 5.75 Å². The van der Waals surface area contributed by atoms with Crippen LogP contribution >= 0.6 is 0 Å². The first-order chi connectivity index (χ1) is 11.3. The predicted molar refractivity (Wildman–Crippen MR) is 93.5 cm³/mol. The van der Waals surface area contributed by atoms with E-state index in [1.807, 2.05) is 43.3 Å². The Labute approximate surface area is 138 Å². The molecule has 0 heterocycles. The van der Waals surface area contributed by atoms with Crippen molar-refractivity contribution in [3.63, 3.8) is 0 Å². The number of nitrogens with one attached hydrogen (secondary N) is 1. The van der Waals surface area contributed by atoms with Gasteiger partial charge in [-0.05, 0) is 43.4 Å². The molecule has 1 amide bonds. The standard InChI is InChI=1S/C20H25NO2/c1-2-19(23-18-14-7-4-8-15-18)20(22)21-16-10-9-13-17-11-5-3-6-12-17/h3-8,11-12,14-15,19H,2,9-10,13,16H2,1H3,(H,21,22)/t19-/m1/s1. The summed E-state index contributed by atoms with van der Waals surface area (Å²) in [5.41, 5.74) is 1.35. The number of unbranched alkanes of at least 4 members (excludes halogenated alkanes) is 1. The molecule has 2 rings (SSSR count). The van der Waals surface area contributed by atoms with Crippen LogP contribution in [0.1, 0.15) is 31.7 Å². The molecular weight excluding hydrogens is 286 g/mol. The Morgan fingerprint density at radius 3 is 2.30 bits per heavy atom. The molecule has 0 aromatic heterocycles. The molecule has 3 nitrogen and oxygen atoms in total. The van der Waals surface area contributed by atoms with Crippen molar-refractivity contribution in [2.45, 2.75) is 38.7 Å². The molecule has 0 bridgehead atoms. The highest BCUT2D eigenvalue weighted by Gasteiger charge is 2.17. The summed E-state index contributed by atoms with van der Waals surface area (Å²) in [7, 11) is 0. The molecule has 0 saturated carbocycles. The van der Waals surface area contributed by atoms with E-state index in [1.165, 1.54) is 5.56 Å². The summed E-state index contributed by atoms with van der Waals surface area (Å²) < 4.78 is 5.74. The number of rotatable bonds is 9. The lowest BCUT2D eigenvalue weighted by Gasteiger charge is -2.17. The first-order valence-electron chi connectivity index (χ1n) is 8.33. The number of para-hydroxylation sites is 1. The van der Waals surface area contributed by atoms with Gasteiger partial charge in [-0.15, -0.1) is 0 Å². The van der Waals surface area contributed by atoms with Crippen molar-refractivity contribution in [1.29, 1.82) is 0 Å². The Kier molecular flexibility index (Phi) is 7.18. The zero-order valence-electron chi connectivity index (χ0n) is 13.7. The van der Waals surface area contributed by atoms with E-state index in [9.17, 15) is 4.79 Å². The SMILES string of the molecule is CC[C@@H](Oc1ccccc1)C(=O)NCCCCc1ccccc1. The molecule has 0 fully saturated rings. The van der Waals surface area contributed by atoms with E-state index >= 15 is 0 Å². The first kappa shape index (κ1) is 17.1. The van der Waals surface area contributed by atoms with Gasteiger partial charge < -0.3 is 10.1 Å². The van der Waals surface area contributed by atoms with Crippen molar-refractivity contribution >= 4 is 5.91 Å². The van der Waals surface area contributed by atoms with E-state index in [4.69, 9.17) is 4.74 Å². The summed E-state index contributed by atoms with van der Waals surface area (Å²) in [6, 6.07) is 19.9. The zero-order valence-corrected chi connectivity index (χ0v) is 13.7. The summed E-state index contributed by atoms with van der Waals surface area (Å²) in [5, 5.41) is 2.98. The average Bonchev–Trinajstić information content (AvgIpc) is 2.61. The van der Waals surface area contributed by atoms with Crippen molar-refractivity contribution in [1.82, 2.24) is 5.32 Å². The van der Waals surface area contributed by atoms with Gasteiger partial charge in [0.05, 0.1) is 0 Å². The van der Waals surface area contributed by atoms with Crippen LogP contribution in [0.3, 0.4) is 0 Å². The van der Waals surface area contributed by atoms with Gasteiger partial charge in [-0.1, -0.05) is 55.5 Å². The molecule has 2 aromatic carbocycles. The smallest absolute Gasteiger partial charge is 0.261 e. The summed E-state index contributed by atoms with van der Waals surface area (Å²) >= 11 is 0. The van der Waals surface area contributed by atoms with Gasteiger partial charge in [0, 0.05) is 6.54 Å². The number of hydrogen-bond donors (Lipinski definition) is 1. The topological polar surface area (TPSA) is 38.3 Å². The molecule has 0 aliphatic heterocycles. The zero-order chi connectivity index (χ0) is 16.3. The number of carbonyl (C=O) groups excluding carboxylic acids is 1. The number of amides is 1. The molecule has 0 spiro atoms. The second kappa shape index (κ2) is 9.67. The summed E-state index contributed by atoms with van der Waals surface area (Å²) in [5.74, 6) is 0.703. The molecule has 122 valence electrons. The quantitative estimate of drug-likeness (QED) is 0.711. The van der Waals surface area contributed by atoms with E-state index in [1.54, 1.807) is 0 Å². The number of carbonyl (C=O) groups is 1. The Morgan fingerprint density at radius 2 is 1.65 bits per heavy atom. The van der Waals surface area contributed by atoms with Crippen molar-refractivity contribution < 1.29 is 9.53 Å². The molecule has 0 unspecified atom stereocenters. The first-order valence-corrected chi connectivity index (χ1v) is 8.33. The Balaban J connectivity index is 1.66. The van der Waals surface area contributed by atoms with Crippen LogP contribution in [0.25, 0.3) is 0 Å². The van der Waals surface area contributed by atoms with Gasteiger partial charge in [-0.3, -0.25) is 4.79 Å². The molecule has 3 heteroatoms. The normalized spacial score (nSPS) is 11.7. The summed E-state index contributed by atoms with van der Waals surface area (Å²) in [6.45, 7) is 2.66. The minimum atomic E-state index is -0.425. The molecule has 0 aliphatic rings. The fraction of sp³-hybridized carbons (Fsp3) is 0.350. The maximum atomic E-state index is 12.2. The highest BCUT2D eigenvalue weighted by molar-refractivity contribution is 5.81. The highest BCUT2D eigenvalue weighted by Crippen LogP contribution is 2.12. The van der Waals surface area contributed by atoms with Crippen molar-refractivity contribution in [3.8, 4) is 5.75 Å². The van der Waals surface area contributed by atoms with Gasteiger partial charge in [-0.25, -0.2) is 0 Å². The van der Waals surface area contributed by atoms with Gasteiger partial charge in [0.2, 0.25) is 0 Å². The van der Waals surface area contributed by atoms with E-state index in [0.717, 1.165) is 25.0 Å². The Bertz CT molecular complexity index is 569. The minimum Gasteiger partial charge on any atom is -0.481 e. The second-order valence-corrected chi connectivity index (χ2v) is 5.56. The van der Waals surface area contributed by atoms with E-state index < -0.39 is 6.10 Å². The molecule has 2 aromatic rings. The lowest BCUT2D eigenvalue weighted by molar-refractivity contribution is -0.128. The van der Waals surface area contributed by atoms with Gasteiger partial charge in [-0.2, -0.15) is 0 Å². The molecular formula is C20H25NO2. The van der Waals surface area contributed by atoms with Gasteiger partial charge in [0.15, 0.2) is 6.10 Å². The van der Waals surface area contributed by atoms with Crippen molar-refractivity contribution in [2.75, 3.05) is 6.54 Å². The molecule has 1 N–H and O–H groups in total. The van der Waals surface area contributed by atoms with Crippen LogP contribution in [0.4, 0.5) is 0 Å². The van der Waals surface area contributed by atoms with Crippen LogP contribution in [0.15, 0.2) is 60.7 Å². The van der Waals surface area contributed by atoms with Crippen molar-refractivity contribution in [3.05, 3.63) is 66.2 Å². The maximum Gasteiger partial charge on any atom is 0.261 e. The predicted octanol–water partition coefficient (Wildman–Crippen LogP) is 3.98. The van der Waals surface area contributed by atoms with E-state index in [2.05, 4.69) is 29.6 Å². The van der Waals surface area contributed by atoms with Crippen molar-refractivity contribution in [2.24, 2.45) is 0 Å². The summed E-state index contributed by atoms with van der Waals surface area (Å²) in [4.78, 5) is 12.2. The fourth-order valence-electron chi connectivity index (χ4n) is 2.41. The Hall–Kier alpha value is -2.29. The second-order valence-electron chi connectivity index (χ2n) is 5.56. The molecule has 23 heavy (non-hydrogen) atoms. The maximum absolute atomic E-state index is 12.2.